The summed E-state index contributed by atoms with van der Waals surface area (Å²) in [5.74, 6) is 0.400. The van der Waals surface area contributed by atoms with Crippen LogP contribution in [0.25, 0.3) is 11.4 Å². The molecular formula is C11H13ClN4O2S. The first-order chi connectivity index (χ1) is 8.95. The van der Waals surface area contributed by atoms with E-state index in [2.05, 4.69) is 10.2 Å². The molecule has 0 bridgehead atoms. The zero-order valence-electron chi connectivity index (χ0n) is 10.2. The molecule has 102 valence electrons. The number of nitrogens with two attached hydrogens (primary N) is 1. The zero-order valence-corrected chi connectivity index (χ0v) is 11.8. The predicted octanol–water partition coefficient (Wildman–Crippen LogP) is 1.66. The number of sulfonamides is 1. The second-order valence-electron chi connectivity index (χ2n) is 3.98. The van der Waals surface area contributed by atoms with Crippen molar-refractivity contribution in [2.45, 2.75) is 25.0 Å². The van der Waals surface area contributed by atoms with Crippen molar-refractivity contribution in [1.29, 1.82) is 0 Å². The van der Waals surface area contributed by atoms with Crippen molar-refractivity contribution in [3.05, 3.63) is 29.3 Å². The highest BCUT2D eigenvalue weighted by Crippen LogP contribution is 2.27. The molecule has 0 spiro atoms. The Morgan fingerprint density at radius 1 is 1.32 bits per heavy atom. The highest BCUT2D eigenvalue weighted by Gasteiger charge is 2.22. The molecule has 2 rings (SSSR count). The van der Waals surface area contributed by atoms with Crippen LogP contribution in [0.1, 0.15) is 13.3 Å². The van der Waals surface area contributed by atoms with Crippen molar-refractivity contribution in [3.8, 4) is 11.4 Å². The third kappa shape index (κ3) is 2.78. The fourth-order valence-electron chi connectivity index (χ4n) is 1.77. The molecule has 1 aromatic carbocycles. The van der Waals surface area contributed by atoms with Gasteiger partial charge in [0.2, 0.25) is 0 Å². The van der Waals surface area contributed by atoms with Gasteiger partial charge in [-0.25, -0.2) is 13.6 Å². The lowest BCUT2D eigenvalue weighted by Gasteiger charge is -2.08. The molecule has 0 amide bonds. The minimum atomic E-state index is -3.91. The smallest absolute Gasteiger partial charge is 0.273 e. The minimum Gasteiger partial charge on any atom is -0.297 e. The van der Waals surface area contributed by atoms with Gasteiger partial charge in [-0.1, -0.05) is 30.7 Å². The van der Waals surface area contributed by atoms with E-state index in [0.29, 0.717) is 23.0 Å². The molecule has 0 fully saturated rings. The van der Waals surface area contributed by atoms with Crippen LogP contribution in [0.4, 0.5) is 0 Å². The van der Waals surface area contributed by atoms with Crippen molar-refractivity contribution in [3.63, 3.8) is 0 Å². The van der Waals surface area contributed by atoms with Crippen LogP contribution in [0.15, 0.2) is 29.4 Å². The van der Waals surface area contributed by atoms with E-state index in [-0.39, 0.29) is 5.16 Å². The summed E-state index contributed by atoms with van der Waals surface area (Å²) in [6.07, 6.45) is 0.720. The molecule has 0 saturated carbocycles. The molecule has 1 heterocycles. The maximum atomic E-state index is 11.5. The van der Waals surface area contributed by atoms with Crippen molar-refractivity contribution in [1.82, 2.24) is 14.8 Å². The van der Waals surface area contributed by atoms with E-state index >= 15 is 0 Å². The van der Waals surface area contributed by atoms with Crippen LogP contribution >= 0.6 is 11.6 Å². The van der Waals surface area contributed by atoms with E-state index in [9.17, 15) is 8.42 Å². The summed E-state index contributed by atoms with van der Waals surface area (Å²) in [5, 5.41) is 12.9. The topological polar surface area (TPSA) is 90.9 Å². The lowest BCUT2D eigenvalue weighted by molar-refractivity contribution is 0.559. The molecule has 1 aromatic heterocycles. The Balaban J connectivity index is 2.66. The highest BCUT2D eigenvalue weighted by molar-refractivity contribution is 7.89. The van der Waals surface area contributed by atoms with Gasteiger partial charge in [0.15, 0.2) is 5.82 Å². The fourth-order valence-corrected chi connectivity index (χ4v) is 2.63. The van der Waals surface area contributed by atoms with Gasteiger partial charge < -0.3 is 0 Å². The van der Waals surface area contributed by atoms with Crippen molar-refractivity contribution < 1.29 is 8.42 Å². The normalized spacial score (nSPS) is 11.7. The molecule has 0 unspecified atom stereocenters. The maximum absolute atomic E-state index is 11.5. The average Bonchev–Trinajstić information content (AvgIpc) is 2.74. The van der Waals surface area contributed by atoms with Crippen molar-refractivity contribution in [2.75, 3.05) is 0 Å². The van der Waals surface area contributed by atoms with Crippen LogP contribution in [0.5, 0.6) is 0 Å². The first kappa shape index (κ1) is 14.0. The Kier molecular flexibility index (Phi) is 3.88. The van der Waals surface area contributed by atoms with Crippen LogP contribution in [-0.2, 0) is 16.6 Å². The number of halogens is 1. The van der Waals surface area contributed by atoms with Crippen molar-refractivity contribution in [2.24, 2.45) is 5.14 Å². The third-order valence-corrected chi connectivity index (χ3v) is 3.67. The third-order valence-electron chi connectivity index (χ3n) is 2.53. The van der Waals surface area contributed by atoms with Crippen molar-refractivity contribution >= 4 is 21.6 Å². The van der Waals surface area contributed by atoms with E-state index in [4.69, 9.17) is 16.7 Å². The lowest BCUT2D eigenvalue weighted by Crippen LogP contribution is -2.19. The highest BCUT2D eigenvalue weighted by atomic mass is 35.5. The largest absolute Gasteiger partial charge is 0.297 e. The second-order valence-corrected chi connectivity index (χ2v) is 5.85. The Hall–Kier alpha value is -1.44. The van der Waals surface area contributed by atoms with Gasteiger partial charge in [-0.05, 0) is 18.6 Å². The number of benzene rings is 1. The molecule has 8 heteroatoms. The van der Waals surface area contributed by atoms with Crippen LogP contribution in [0.2, 0.25) is 5.02 Å². The Morgan fingerprint density at radius 3 is 2.58 bits per heavy atom. The van der Waals surface area contributed by atoms with E-state index in [1.54, 1.807) is 24.3 Å². The van der Waals surface area contributed by atoms with Crippen LogP contribution in [0, 0.1) is 0 Å². The Labute approximate surface area is 116 Å². The summed E-state index contributed by atoms with van der Waals surface area (Å²) in [4.78, 5) is 0. The molecule has 0 atom stereocenters. The molecule has 0 aliphatic heterocycles. The Bertz CT molecular complexity index is 696. The molecule has 2 N–H and O–H groups in total. The van der Waals surface area contributed by atoms with Gasteiger partial charge in [-0.3, -0.25) is 4.57 Å². The minimum absolute atomic E-state index is 0.246. The van der Waals surface area contributed by atoms with Crippen LogP contribution in [-0.4, -0.2) is 23.2 Å². The van der Waals surface area contributed by atoms with E-state index in [0.717, 1.165) is 6.42 Å². The first-order valence-electron chi connectivity index (χ1n) is 5.66. The van der Waals surface area contributed by atoms with Gasteiger partial charge in [0.25, 0.3) is 15.2 Å². The summed E-state index contributed by atoms with van der Waals surface area (Å²) in [6, 6.07) is 7.04. The monoisotopic (exact) mass is 300 g/mol. The molecule has 0 radical (unpaired) electrons. The van der Waals surface area contributed by atoms with E-state index < -0.39 is 10.0 Å². The first-order valence-corrected chi connectivity index (χ1v) is 7.58. The summed E-state index contributed by atoms with van der Waals surface area (Å²) in [7, 11) is -3.91. The summed E-state index contributed by atoms with van der Waals surface area (Å²) in [5.41, 5.74) is 0.625. The fraction of sp³-hybridized carbons (Fsp3) is 0.273. The number of primary sulfonamides is 1. The quantitative estimate of drug-likeness (QED) is 0.929. The van der Waals surface area contributed by atoms with Gasteiger partial charge in [-0.2, -0.15) is 0 Å². The molecule has 6 nitrogen and oxygen atoms in total. The number of rotatable bonds is 4. The molecule has 0 aliphatic rings. The van der Waals surface area contributed by atoms with Gasteiger partial charge in [-0.15, -0.1) is 10.2 Å². The van der Waals surface area contributed by atoms with Gasteiger partial charge >= 0.3 is 0 Å². The summed E-state index contributed by atoms with van der Waals surface area (Å²) >= 11 is 6.09. The maximum Gasteiger partial charge on any atom is 0.273 e. The molecule has 19 heavy (non-hydrogen) atoms. The summed E-state index contributed by atoms with van der Waals surface area (Å²) < 4.78 is 24.4. The predicted molar refractivity (Wildman–Crippen MR) is 72.1 cm³/mol. The number of hydrogen-bond acceptors (Lipinski definition) is 4. The van der Waals surface area contributed by atoms with Crippen LogP contribution < -0.4 is 5.14 Å². The number of nitrogens with zero attached hydrogens (tertiary/aromatic N) is 3. The number of aromatic nitrogens is 3. The van der Waals surface area contributed by atoms with Gasteiger partial charge in [0.05, 0.1) is 5.02 Å². The van der Waals surface area contributed by atoms with Gasteiger partial charge in [0.1, 0.15) is 0 Å². The second kappa shape index (κ2) is 5.28. The SMILES string of the molecule is CCCn1c(-c2ccccc2Cl)nnc1S(N)(=O)=O. The summed E-state index contributed by atoms with van der Waals surface area (Å²) in [6.45, 7) is 2.36. The average molecular weight is 301 g/mol. The van der Waals surface area contributed by atoms with Gasteiger partial charge in [0, 0.05) is 12.1 Å². The zero-order chi connectivity index (χ0) is 14.0. The molecule has 0 aliphatic carbocycles. The lowest BCUT2D eigenvalue weighted by atomic mass is 10.2. The standard InChI is InChI=1S/C11H13ClN4O2S/c1-2-7-16-10(8-5-3-4-6-9(8)12)14-15-11(16)19(13,17)18/h3-6H,2,7H2,1H3,(H2,13,17,18). The molecule has 2 aromatic rings. The Morgan fingerprint density at radius 2 is 2.00 bits per heavy atom. The van der Waals surface area contributed by atoms with Crippen LogP contribution in [0.3, 0.4) is 0 Å². The molecule has 0 saturated heterocycles. The van der Waals surface area contributed by atoms with E-state index in [1.807, 2.05) is 6.92 Å². The number of hydrogen-bond donors (Lipinski definition) is 1. The molecular weight excluding hydrogens is 288 g/mol. The van der Waals surface area contributed by atoms with E-state index in [1.165, 1.54) is 4.57 Å².